The van der Waals surface area contributed by atoms with Gasteiger partial charge in [0.25, 0.3) is 0 Å². The summed E-state index contributed by atoms with van der Waals surface area (Å²) < 4.78 is 9.79. The van der Waals surface area contributed by atoms with Gasteiger partial charge in [-0.3, -0.25) is 4.79 Å². The lowest BCUT2D eigenvalue weighted by molar-refractivity contribution is -0.145. The van der Waals surface area contributed by atoms with Crippen molar-refractivity contribution in [3.8, 4) is 12.3 Å². The molecule has 0 aliphatic heterocycles. The molecule has 0 saturated carbocycles. The van der Waals surface area contributed by atoms with Crippen molar-refractivity contribution in [2.24, 2.45) is 5.92 Å². The molecular weight excluding hydrogens is 348 g/mol. The molecule has 1 rings (SSSR count). The lowest BCUT2D eigenvalue weighted by Crippen LogP contribution is -2.52. The monoisotopic (exact) mass is 374 g/mol. The van der Waals surface area contributed by atoms with Crippen LogP contribution in [0.25, 0.3) is 0 Å². The lowest BCUT2D eigenvalue weighted by Gasteiger charge is -2.22. The van der Waals surface area contributed by atoms with Crippen LogP contribution >= 0.6 is 0 Å². The van der Waals surface area contributed by atoms with Crippen molar-refractivity contribution in [2.75, 3.05) is 7.11 Å². The highest BCUT2D eigenvalue weighted by atomic mass is 16.5. The number of benzene rings is 1. The molecule has 146 valence electrons. The zero-order valence-electron chi connectivity index (χ0n) is 15.9. The molecule has 2 N–H and O–H groups in total. The van der Waals surface area contributed by atoms with Crippen LogP contribution in [0.5, 0.6) is 0 Å². The molecule has 0 aliphatic rings. The van der Waals surface area contributed by atoms with Crippen molar-refractivity contribution in [1.82, 2.24) is 10.6 Å². The number of nitrogens with one attached hydrogen (secondary N) is 2. The van der Waals surface area contributed by atoms with Crippen molar-refractivity contribution >= 4 is 18.0 Å². The highest BCUT2D eigenvalue weighted by Gasteiger charge is 2.27. The Morgan fingerprint density at radius 1 is 1.11 bits per heavy atom. The zero-order chi connectivity index (χ0) is 20.2. The van der Waals surface area contributed by atoms with Crippen LogP contribution in [0.4, 0.5) is 4.79 Å². The summed E-state index contributed by atoms with van der Waals surface area (Å²) in [4.78, 5) is 36.3. The number of terminal acetylenes is 1. The number of carbonyl (C=O) groups is 3. The minimum atomic E-state index is -0.968. The van der Waals surface area contributed by atoms with Crippen LogP contribution in [-0.4, -0.2) is 37.2 Å². The standard InChI is InChI=1S/C20H26N2O5/c1-5-9-16(19(24)26-4)21-18(23)17(12-14(2)3)22-20(25)27-13-15-10-7-6-8-11-15/h1,6-8,10-11,14,16-17H,9,12-13H2,2-4H3,(H,21,23)(H,22,25)/t16-,17-/m0/s1. The predicted octanol–water partition coefficient (Wildman–Crippen LogP) is 2.01. The van der Waals surface area contributed by atoms with Gasteiger partial charge in [0.2, 0.25) is 5.91 Å². The maximum absolute atomic E-state index is 12.5. The summed E-state index contributed by atoms with van der Waals surface area (Å²) in [6.45, 7) is 3.91. The summed E-state index contributed by atoms with van der Waals surface area (Å²) in [5, 5.41) is 5.07. The first-order valence-electron chi connectivity index (χ1n) is 8.66. The van der Waals surface area contributed by atoms with Gasteiger partial charge in [0.1, 0.15) is 18.7 Å². The fraction of sp³-hybridized carbons (Fsp3) is 0.450. The molecule has 0 spiro atoms. The van der Waals surface area contributed by atoms with Gasteiger partial charge in [-0.05, 0) is 17.9 Å². The fourth-order valence-corrected chi connectivity index (χ4v) is 2.34. The average molecular weight is 374 g/mol. The van der Waals surface area contributed by atoms with Gasteiger partial charge in [-0.2, -0.15) is 0 Å². The molecule has 0 radical (unpaired) electrons. The van der Waals surface area contributed by atoms with E-state index in [2.05, 4.69) is 21.3 Å². The van der Waals surface area contributed by atoms with Crippen LogP contribution in [0.1, 0.15) is 32.3 Å². The topological polar surface area (TPSA) is 93.7 Å². The number of esters is 1. The Balaban J connectivity index is 2.69. The summed E-state index contributed by atoms with van der Waals surface area (Å²) in [7, 11) is 1.21. The molecular formula is C20H26N2O5. The molecule has 0 fully saturated rings. The first kappa shape index (κ1) is 22.0. The summed E-state index contributed by atoms with van der Waals surface area (Å²) in [5.74, 6) is 1.28. The molecule has 0 saturated heterocycles. The van der Waals surface area contributed by atoms with E-state index in [0.717, 1.165) is 5.56 Å². The van der Waals surface area contributed by atoms with Gasteiger partial charge >= 0.3 is 12.1 Å². The van der Waals surface area contributed by atoms with Crippen LogP contribution in [0.2, 0.25) is 0 Å². The Labute approximate surface area is 159 Å². The van der Waals surface area contributed by atoms with E-state index < -0.39 is 30.1 Å². The minimum Gasteiger partial charge on any atom is -0.467 e. The third kappa shape index (κ3) is 8.27. The summed E-state index contributed by atoms with van der Waals surface area (Å²) in [6, 6.07) is 7.36. The fourth-order valence-electron chi connectivity index (χ4n) is 2.34. The Bertz CT molecular complexity index is 667. The Morgan fingerprint density at radius 3 is 2.33 bits per heavy atom. The maximum atomic E-state index is 12.5. The van der Waals surface area contributed by atoms with Gasteiger partial charge in [-0.15, -0.1) is 12.3 Å². The third-order valence-electron chi connectivity index (χ3n) is 3.65. The van der Waals surface area contributed by atoms with Gasteiger partial charge in [0.05, 0.1) is 7.11 Å². The van der Waals surface area contributed by atoms with Gasteiger partial charge in [-0.1, -0.05) is 44.2 Å². The van der Waals surface area contributed by atoms with Gasteiger partial charge < -0.3 is 20.1 Å². The Hall–Kier alpha value is -3.01. The number of alkyl carbamates (subject to hydrolysis) is 1. The minimum absolute atomic E-state index is 0.00867. The number of hydrogen-bond donors (Lipinski definition) is 2. The van der Waals surface area contributed by atoms with Crippen LogP contribution < -0.4 is 10.6 Å². The number of amides is 2. The molecule has 2 atom stereocenters. The second-order valence-corrected chi connectivity index (χ2v) is 6.38. The molecule has 0 heterocycles. The molecule has 1 aromatic carbocycles. The largest absolute Gasteiger partial charge is 0.467 e. The van der Waals surface area contributed by atoms with E-state index in [1.54, 1.807) is 0 Å². The molecule has 0 aromatic heterocycles. The quantitative estimate of drug-likeness (QED) is 0.509. The van der Waals surface area contributed by atoms with Crippen molar-refractivity contribution in [1.29, 1.82) is 0 Å². The third-order valence-corrected chi connectivity index (χ3v) is 3.65. The summed E-state index contributed by atoms with van der Waals surface area (Å²) in [5.41, 5.74) is 0.831. The SMILES string of the molecule is C#CC[C@H](NC(=O)[C@H](CC(C)C)NC(=O)OCc1ccccc1)C(=O)OC. The first-order chi connectivity index (χ1) is 12.9. The van der Waals surface area contributed by atoms with Gasteiger partial charge in [-0.25, -0.2) is 9.59 Å². The van der Waals surface area contributed by atoms with Crippen molar-refractivity contribution in [3.05, 3.63) is 35.9 Å². The molecule has 0 bridgehead atoms. The van der Waals surface area contributed by atoms with E-state index in [-0.39, 0.29) is 18.9 Å². The van der Waals surface area contributed by atoms with Crippen molar-refractivity contribution < 1.29 is 23.9 Å². The molecule has 7 nitrogen and oxygen atoms in total. The number of hydrogen-bond acceptors (Lipinski definition) is 5. The number of methoxy groups -OCH3 is 1. The second-order valence-electron chi connectivity index (χ2n) is 6.38. The summed E-state index contributed by atoms with van der Waals surface area (Å²) in [6.07, 6.45) is 4.88. The number of carbonyl (C=O) groups excluding carboxylic acids is 3. The van der Waals surface area contributed by atoms with Gasteiger partial charge in [0, 0.05) is 6.42 Å². The zero-order valence-corrected chi connectivity index (χ0v) is 15.9. The van der Waals surface area contributed by atoms with E-state index in [1.165, 1.54) is 7.11 Å². The summed E-state index contributed by atoms with van der Waals surface area (Å²) >= 11 is 0. The highest BCUT2D eigenvalue weighted by Crippen LogP contribution is 2.07. The van der Waals surface area contributed by atoms with Crippen molar-refractivity contribution in [3.63, 3.8) is 0 Å². The normalized spacial score (nSPS) is 12.4. The predicted molar refractivity (Wildman–Crippen MR) is 100 cm³/mol. The van der Waals surface area contributed by atoms with Gasteiger partial charge in [0.15, 0.2) is 0 Å². The van der Waals surface area contributed by atoms with Crippen LogP contribution in [0.15, 0.2) is 30.3 Å². The second kappa shape index (κ2) is 11.6. The maximum Gasteiger partial charge on any atom is 0.408 e. The van der Waals surface area contributed by atoms with E-state index in [0.29, 0.717) is 6.42 Å². The smallest absolute Gasteiger partial charge is 0.408 e. The average Bonchev–Trinajstić information content (AvgIpc) is 2.65. The molecule has 7 heteroatoms. The molecule has 0 aliphatic carbocycles. The Kier molecular flexibility index (Phi) is 9.45. The number of ether oxygens (including phenoxy) is 2. The molecule has 1 aromatic rings. The molecule has 27 heavy (non-hydrogen) atoms. The molecule has 0 unspecified atom stereocenters. The lowest BCUT2D eigenvalue weighted by atomic mass is 10.0. The van der Waals surface area contributed by atoms with E-state index in [9.17, 15) is 14.4 Å². The van der Waals surface area contributed by atoms with Crippen LogP contribution in [0, 0.1) is 18.3 Å². The molecule has 2 amide bonds. The van der Waals surface area contributed by atoms with E-state index in [1.807, 2.05) is 44.2 Å². The van der Waals surface area contributed by atoms with Crippen molar-refractivity contribution in [2.45, 2.75) is 45.4 Å². The van der Waals surface area contributed by atoms with Crippen LogP contribution in [-0.2, 0) is 25.7 Å². The van der Waals surface area contributed by atoms with E-state index in [4.69, 9.17) is 11.2 Å². The van der Waals surface area contributed by atoms with Crippen LogP contribution in [0.3, 0.4) is 0 Å². The Morgan fingerprint density at radius 2 is 1.78 bits per heavy atom. The van der Waals surface area contributed by atoms with E-state index >= 15 is 0 Å². The number of rotatable bonds is 9. The highest BCUT2D eigenvalue weighted by molar-refractivity contribution is 5.89. The first-order valence-corrected chi connectivity index (χ1v) is 8.66.